The predicted molar refractivity (Wildman–Crippen MR) is 85.9 cm³/mol. The van der Waals surface area contributed by atoms with Crippen LogP contribution in [-0.4, -0.2) is 44.9 Å². The lowest BCUT2D eigenvalue weighted by Crippen LogP contribution is -2.51. The van der Waals surface area contributed by atoms with E-state index < -0.39 is 6.61 Å². The molecule has 1 aromatic carbocycles. The standard InChI is InChI=1S/C15H20F2N2O4.ClH/c1-2-22-13-7-10(3-4-12(13)23-15(16)17)8-19-14(20)11-9-21-6-5-18-11;/h3-4,7,11,15,18H,2,5-6,8-9H2,1H3,(H,19,20);1H. The lowest BCUT2D eigenvalue weighted by Gasteiger charge is -2.23. The molecule has 1 heterocycles. The van der Waals surface area contributed by atoms with Gasteiger partial charge in [0.15, 0.2) is 11.5 Å². The third-order valence-electron chi connectivity index (χ3n) is 3.23. The summed E-state index contributed by atoms with van der Waals surface area (Å²) in [7, 11) is 0. The minimum atomic E-state index is -2.92. The van der Waals surface area contributed by atoms with Crippen LogP contribution in [-0.2, 0) is 16.1 Å². The van der Waals surface area contributed by atoms with Gasteiger partial charge in [0.25, 0.3) is 0 Å². The Labute approximate surface area is 145 Å². The highest BCUT2D eigenvalue weighted by molar-refractivity contribution is 5.85. The molecule has 1 fully saturated rings. The first-order chi connectivity index (χ1) is 11.1. The molecule has 1 saturated heterocycles. The van der Waals surface area contributed by atoms with E-state index in [4.69, 9.17) is 9.47 Å². The molecule has 2 rings (SSSR count). The second-order valence-corrected chi connectivity index (χ2v) is 4.89. The van der Waals surface area contributed by atoms with Crippen molar-refractivity contribution in [2.24, 2.45) is 0 Å². The maximum absolute atomic E-state index is 12.3. The summed E-state index contributed by atoms with van der Waals surface area (Å²) >= 11 is 0. The highest BCUT2D eigenvalue weighted by Gasteiger charge is 2.20. The van der Waals surface area contributed by atoms with Crippen LogP contribution in [0.1, 0.15) is 12.5 Å². The van der Waals surface area contributed by atoms with Crippen molar-refractivity contribution in [3.05, 3.63) is 23.8 Å². The molecular weight excluding hydrogens is 346 g/mol. The molecule has 2 N–H and O–H groups in total. The highest BCUT2D eigenvalue weighted by atomic mass is 35.5. The molecule has 24 heavy (non-hydrogen) atoms. The fourth-order valence-electron chi connectivity index (χ4n) is 2.17. The van der Waals surface area contributed by atoms with Gasteiger partial charge in [-0.05, 0) is 24.6 Å². The van der Waals surface area contributed by atoms with Crippen LogP contribution in [0.3, 0.4) is 0 Å². The van der Waals surface area contributed by atoms with Crippen molar-refractivity contribution < 1.29 is 27.8 Å². The molecule has 1 amide bonds. The van der Waals surface area contributed by atoms with Crippen LogP contribution >= 0.6 is 12.4 Å². The van der Waals surface area contributed by atoms with Crippen LogP contribution in [0.25, 0.3) is 0 Å². The van der Waals surface area contributed by atoms with Crippen molar-refractivity contribution in [3.8, 4) is 11.5 Å². The molecule has 0 aromatic heterocycles. The number of carbonyl (C=O) groups excluding carboxylic acids is 1. The van der Waals surface area contributed by atoms with E-state index in [-0.39, 0.29) is 42.4 Å². The van der Waals surface area contributed by atoms with Crippen molar-refractivity contribution in [1.82, 2.24) is 10.6 Å². The van der Waals surface area contributed by atoms with Gasteiger partial charge < -0.3 is 24.8 Å². The van der Waals surface area contributed by atoms with Gasteiger partial charge in [0.05, 0.1) is 19.8 Å². The number of carbonyl (C=O) groups is 1. The van der Waals surface area contributed by atoms with E-state index in [9.17, 15) is 13.6 Å². The highest BCUT2D eigenvalue weighted by Crippen LogP contribution is 2.29. The molecule has 0 saturated carbocycles. The van der Waals surface area contributed by atoms with E-state index in [0.29, 0.717) is 26.4 Å². The van der Waals surface area contributed by atoms with E-state index in [1.165, 1.54) is 6.07 Å². The Hall–Kier alpha value is -1.64. The molecule has 6 nitrogen and oxygen atoms in total. The molecule has 1 aliphatic rings. The number of hydrogen-bond acceptors (Lipinski definition) is 5. The summed E-state index contributed by atoms with van der Waals surface area (Å²) in [6, 6.07) is 4.20. The second-order valence-electron chi connectivity index (χ2n) is 4.89. The molecule has 1 atom stereocenters. The largest absolute Gasteiger partial charge is 0.490 e. The summed E-state index contributed by atoms with van der Waals surface area (Å²) in [6.45, 7) is 0.952. The lowest BCUT2D eigenvalue weighted by atomic mass is 10.2. The monoisotopic (exact) mass is 366 g/mol. The van der Waals surface area contributed by atoms with Gasteiger partial charge in [0, 0.05) is 13.1 Å². The van der Waals surface area contributed by atoms with E-state index in [2.05, 4.69) is 15.4 Å². The maximum Gasteiger partial charge on any atom is 0.387 e. The summed E-state index contributed by atoms with van der Waals surface area (Å²) < 4.78 is 39.6. The number of rotatable bonds is 7. The number of amides is 1. The zero-order valence-corrected chi connectivity index (χ0v) is 14.0. The Bertz CT molecular complexity index is 528. The summed E-state index contributed by atoms with van der Waals surface area (Å²) in [4.78, 5) is 12.0. The maximum atomic E-state index is 12.3. The number of nitrogens with one attached hydrogen (secondary N) is 2. The fraction of sp³-hybridized carbons (Fsp3) is 0.533. The minimum Gasteiger partial charge on any atom is -0.490 e. The first kappa shape index (κ1) is 20.4. The van der Waals surface area contributed by atoms with Crippen molar-refractivity contribution in [2.75, 3.05) is 26.4 Å². The molecule has 1 unspecified atom stereocenters. The SMILES string of the molecule is CCOc1cc(CNC(=O)C2COCCN2)ccc1OC(F)F.Cl. The van der Waals surface area contributed by atoms with Crippen LogP contribution < -0.4 is 20.1 Å². The molecular formula is C15H21ClF2N2O4. The van der Waals surface area contributed by atoms with Gasteiger partial charge in [-0.25, -0.2) is 0 Å². The summed E-state index contributed by atoms with van der Waals surface area (Å²) in [5.41, 5.74) is 0.722. The molecule has 136 valence electrons. The Morgan fingerprint density at radius 1 is 1.46 bits per heavy atom. The first-order valence-corrected chi connectivity index (χ1v) is 7.39. The molecule has 9 heteroatoms. The first-order valence-electron chi connectivity index (χ1n) is 7.39. The smallest absolute Gasteiger partial charge is 0.387 e. The number of benzene rings is 1. The Kier molecular flexibility index (Phi) is 8.73. The average Bonchev–Trinajstić information content (AvgIpc) is 2.55. The molecule has 0 radical (unpaired) electrons. The number of ether oxygens (including phenoxy) is 3. The summed E-state index contributed by atoms with van der Waals surface area (Å²) in [5.74, 6) is 0.0218. The average molecular weight is 367 g/mol. The van der Waals surface area contributed by atoms with Crippen LogP contribution in [0.4, 0.5) is 8.78 Å². The zero-order chi connectivity index (χ0) is 16.7. The molecule has 0 bridgehead atoms. The topological polar surface area (TPSA) is 68.8 Å². The third kappa shape index (κ3) is 6.10. The second kappa shape index (κ2) is 10.3. The Morgan fingerprint density at radius 2 is 2.25 bits per heavy atom. The van der Waals surface area contributed by atoms with E-state index in [1.54, 1.807) is 19.1 Å². The fourth-order valence-corrected chi connectivity index (χ4v) is 2.17. The van der Waals surface area contributed by atoms with E-state index in [0.717, 1.165) is 5.56 Å². The normalized spacial score (nSPS) is 17.1. The van der Waals surface area contributed by atoms with E-state index >= 15 is 0 Å². The minimum absolute atomic E-state index is 0. The quantitative estimate of drug-likeness (QED) is 0.769. The van der Waals surface area contributed by atoms with Gasteiger partial charge in [-0.2, -0.15) is 8.78 Å². The number of halogens is 3. The molecule has 0 aliphatic carbocycles. The van der Waals surface area contributed by atoms with Gasteiger partial charge in [-0.3, -0.25) is 4.79 Å². The van der Waals surface area contributed by atoms with Crippen LogP contribution in [0.5, 0.6) is 11.5 Å². The van der Waals surface area contributed by atoms with Crippen molar-refractivity contribution >= 4 is 18.3 Å². The molecule has 1 aromatic rings. The molecule has 1 aliphatic heterocycles. The molecule has 0 spiro atoms. The lowest BCUT2D eigenvalue weighted by molar-refractivity contribution is -0.126. The Morgan fingerprint density at radius 3 is 2.88 bits per heavy atom. The van der Waals surface area contributed by atoms with Gasteiger partial charge in [-0.1, -0.05) is 6.07 Å². The van der Waals surface area contributed by atoms with Gasteiger partial charge in [-0.15, -0.1) is 12.4 Å². The van der Waals surface area contributed by atoms with Gasteiger partial charge in [0.2, 0.25) is 5.91 Å². The summed E-state index contributed by atoms with van der Waals surface area (Å²) in [6.07, 6.45) is 0. The Balaban J connectivity index is 0.00000288. The van der Waals surface area contributed by atoms with E-state index in [1.807, 2.05) is 0 Å². The van der Waals surface area contributed by atoms with Crippen molar-refractivity contribution in [3.63, 3.8) is 0 Å². The predicted octanol–water partition coefficient (Wildman–Crippen LogP) is 1.71. The third-order valence-corrected chi connectivity index (χ3v) is 3.23. The van der Waals surface area contributed by atoms with Crippen molar-refractivity contribution in [2.45, 2.75) is 26.1 Å². The summed E-state index contributed by atoms with van der Waals surface area (Å²) in [5, 5.41) is 5.82. The van der Waals surface area contributed by atoms with Crippen LogP contribution in [0.2, 0.25) is 0 Å². The van der Waals surface area contributed by atoms with Gasteiger partial charge in [0.1, 0.15) is 6.04 Å². The van der Waals surface area contributed by atoms with Crippen molar-refractivity contribution in [1.29, 1.82) is 0 Å². The number of hydrogen-bond donors (Lipinski definition) is 2. The van der Waals surface area contributed by atoms with Crippen LogP contribution in [0.15, 0.2) is 18.2 Å². The van der Waals surface area contributed by atoms with Crippen LogP contribution in [0, 0.1) is 0 Å². The number of morpholine rings is 1. The number of alkyl halides is 2. The van der Waals surface area contributed by atoms with Gasteiger partial charge >= 0.3 is 6.61 Å². The zero-order valence-electron chi connectivity index (χ0n) is 13.2.